The number of urea groups is 1. The fraction of sp³-hybridized carbons (Fsp3) is 0.375. The standard InChI is InChI=1S/C8H12N2O6S/c1-17(15,16)5-4-9-8(14)10-6(11)2-3-7(12)13/h2-3H,4-5H2,1H3,(H,12,13)(H2,9,10,11,14)/b3-2+. The number of imide groups is 1. The Kier molecular flexibility index (Phi) is 5.89. The zero-order valence-electron chi connectivity index (χ0n) is 8.97. The summed E-state index contributed by atoms with van der Waals surface area (Å²) in [6, 6.07) is -0.895. The first-order valence-electron chi connectivity index (χ1n) is 4.38. The topological polar surface area (TPSA) is 130 Å². The highest BCUT2D eigenvalue weighted by Gasteiger charge is 2.06. The number of sulfone groups is 1. The number of carboxylic acid groups (broad SMARTS) is 1. The van der Waals surface area contributed by atoms with Gasteiger partial charge in [0, 0.05) is 25.0 Å². The van der Waals surface area contributed by atoms with Gasteiger partial charge in [-0.3, -0.25) is 10.1 Å². The minimum Gasteiger partial charge on any atom is -0.478 e. The Labute approximate surface area is 97.6 Å². The lowest BCUT2D eigenvalue weighted by molar-refractivity contribution is -0.131. The van der Waals surface area contributed by atoms with E-state index in [0.717, 1.165) is 6.26 Å². The summed E-state index contributed by atoms with van der Waals surface area (Å²) in [5, 5.41) is 12.1. The molecule has 0 rings (SSSR count). The van der Waals surface area contributed by atoms with E-state index in [2.05, 4.69) is 5.32 Å². The molecule has 0 heterocycles. The molecular weight excluding hydrogens is 252 g/mol. The van der Waals surface area contributed by atoms with Gasteiger partial charge in [0.25, 0.3) is 5.91 Å². The summed E-state index contributed by atoms with van der Waals surface area (Å²) in [4.78, 5) is 31.9. The number of rotatable bonds is 5. The summed E-state index contributed by atoms with van der Waals surface area (Å²) in [6.07, 6.45) is 2.24. The van der Waals surface area contributed by atoms with Crippen molar-refractivity contribution in [1.29, 1.82) is 0 Å². The van der Waals surface area contributed by atoms with Crippen LogP contribution in [-0.4, -0.2) is 50.0 Å². The van der Waals surface area contributed by atoms with Crippen molar-refractivity contribution >= 4 is 27.7 Å². The second-order valence-electron chi connectivity index (χ2n) is 3.05. The van der Waals surface area contributed by atoms with Crippen LogP contribution in [0.15, 0.2) is 12.2 Å². The maximum absolute atomic E-state index is 11.0. The Balaban J connectivity index is 3.95. The van der Waals surface area contributed by atoms with Gasteiger partial charge in [-0.25, -0.2) is 18.0 Å². The Morgan fingerprint density at radius 2 is 1.82 bits per heavy atom. The lowest BCUT2D eigenvalue weighted by Crippen LogP contribution is -2.40. The summed E-state index contributed by atoms with van der Waals surface area (Å²) in [5.41, 5.74) is 0. The monoisotopic (exact) mass is 264 g/mol. The average molecular weight is 264 g/mol. The molecule has 0 aromatic carbocycles. The van der Waals surface area contributed by atoms with Crippen molar-refractivity contribution in [3.05, 3.63) is 12.2 Å². The molecule has 0 fully saturated rings. The molecule has 0 saturated carbocycles. The molecule has 9 heteroatoms. The van der Waals surface area contributed by atoms with Crippen LogP contribution in [0.5, 0.6) is 0 Å². The largest absolute Gasteiger partial charge is 0.478 e. The van der Waals surface area contributed by atoms with Gasteiger partial charge in [-0.2, -0.15) is 0 Å². The van der Waals surface area contributed by atoms with Crippen molar-refractivity contribution in [3.8, 4) is 0 Å². The summed E-state index contributed by atoms with van der Waals surface area (Å²) in [6.45, 7) is -0.138. The van der Waals surface area contributed by atoms with Crippen LogP contribution in [-0.2, 0) is 19.4 Å². The second kappa shape index (κ2) is 6.63. The van der Waals surface area contributed by atoms with Crippen LogP contribution in [0.3, 0.4) is 0 Å². The Bertz CT molecular complexity index is 439. The number of carbonyl (C=O) groups is 3. The lowest BCUT2D eigenvalue weighted by Gasteiger charge is -2.03. The Morgan fingerprint density at radius 3 is 2.29 bits per heavy atom. The molecule has 0 radical (unpaired) electrons. The molecule has 0 aromatic rings. The molecule has 0 aromatic heterocycles. The molecule has 0 aliphatic carbocycles. The van der Waals surface area contributed by atoms with E-state index in [1.165, 1.54) is 0 Å². The fourth-order valence-electron chi connectivity index (χ4n) is 0.695. The SMILES string of the molecule is CS(=O)(=O)CCNC(=O)NC(=O)/C=C/C(=O)O. The van der Waals surface area contributed by atoms with Gasteiger partial charge in [0.2, 0.25) is 0 Å². The molecule has 0 unspecified atom stereocenters. The first-order valence-corrected chi connectivity index (χ1v) is 6.44. The number of aliphatic carboxylic acids is 1. The van der Waals surface area contributed by atoms with Gasteiger partial charge in [0.1, 0.15) is 9.84 Å². The van der Waals surface area contributed by atoms with Crippen molar-refractivity contribution < 1.29 is 27.9 Å². The maximum Gasteiger partial charge on any atom is 0.328 e. The fourth-order valence-corrected chi connectivity index (χ4v) is 1.17. The highest BCUT2D eigenvalue weighted by Crippen LogP contribution is 1.80. The third kappa shape index (κ3) is 10.4. The van der Waals surface area contributed by atoms with Gasteiger partial charge in [-0.15, -0.1) is 0 Å². The van der Waals surface area contributed by atoms with Gasteiger partial charge >= 0.3 is 12.0 Å². The third-order valence-electron chi connectivity index (χ3n) is 1.37. The molecule has 0 bridgehead atoms. The molecule has 96 valence electrons. The number of amides is 3. The van der Waals surface area contributed by atoms with E-state index < -0.39 is 27.7 Å². The molecule has 8 nitrogen and oxygen atoms in total. The van der Waals surface area contributed by atoms with Crippen molar-refractivity contribution in [2.24, 2.45) is 0 Å². The van der Waals surface area contributed by atoms with E-state index in [9.17, 15) is 22.8 Å². The van der Waals surface area contributed by atoms with Gasteiger partial charge < -0.3 is 10.4 Å². The predicted molar refractivity (Wildman–Crippen MR) is 58.0 cm³/mol. The summed E-state index contributed by atoms with van der Waals surface area (Å²) >= 11 is 0. The minimum atomic E-state index is -3.19. The zero-order valence-corrected chi connectivity index (χ0v) is 9.78. The zero-order chi connectivity index (χ0) is 13.5. The van der Waals surface area contributed by atoms with Crippen molar-refractivity contribution in [2.45, 2.75) is 0 Å². The normalized spacial score (nSPS) is 11.1. The van der Waals surface area contributed by atoms with Crippen molar-refractivity contribution in [3.63, 3.8) is 0 Å². The molecule has 3 N–H and O–H groups in total. The van der Waals surface area contributed by atoms with E-state index >= 15 is 0 Å². The predicted octanol–water partition coefficient (Wildman–Crippen LogP) is -1.50. The van der Waals surface area contributed by atoms with E-state index in [4.69, 9.17) is 5.11 Å². The number of hydrogen-bond donors (Lipinski definition) is 3. The van der Waals surface area contributed by atoms with Gasteiger partial charge in [-0.05, 0) is 0 Å². The average Bonchev–Trinajstić information content (AvgIpc) is 2.12. The van der Waals surface area contributed by atoms with Crippen LogP contribution in [0.25, 0.3) is 0 Å². The Morgan fingerprint density at radius 1 is 1.24 bits per heavy atom. The third-order valence-corrected chi connectivity index (χ3v) is 2.32. The highest BCUT2D eigenvalue weighted by atomic mass is 32.2. The molecule has 0 spiro atoms. The number of nitrogens with one attached hydrogen (secondary N) is 2. The van der Waals surface area contributed by atoms with E-state index in [0.29, 0.717) is 12.2 Å². The van der Waals surface area contributed by atoms with Crippen LogP contribution < -0.4 is 10.6 Å². The number of carboxylic acids is 1. The maximum atomic E-state index is 11.0. The molecule has 0 aliphatic rings. The van der Waals surface area contributed by atoms with Crippen LogP contribution in [0.4, 0.5) is 4.79 Å². The van der Waals surface area contributed by atoms with Crippen LogP contribution in [0, 0.1) is 0 Å². The van der Waals surface area contributed by atoms with Gasteiger partial charge in [0.05, 0.1) is 5.75 Å². The first kappa shape index (κ1) is 15.1. The molecule has 17 heavy (non-hydrogen) atoms. The molecule has 0 aliphatic heterocycles. The smallest absolute Gasteiger partial charge is 0.328 e. The van der Waals surface area contributed by atoms with Crippen LogP contribution in [0.1, 0.15) is 0 Å². The molecular formula is C8H12N2O6S. The highest BCUT2D eigenvalue weighted by molar-refractivity contribution is 7.90. The summed E-state index contributed by atoms with van der Waals surface area (Å²) in [7, 11) is -3.19. The number of hydrogen-bond acceptors (Lipinski definition) is 5. The van der Waals surface area contributed by atoms with Crippen molar-refractivity contribution in [1.82, 2.24) is 10.6 Å². The summed E-state index contributed by atoms with van der Waals surface area (Å²) in [5.74, 6) is -2.48. The first-order chi connectivity index (χ1) is 7.70. The lowest BCUT2D eigenvalue weighted by atomic mass is 10.5. The van der Waals surface area contributed by atoms with E-state index in [1.807, 2.05) is 0 Å². The second-order valence-corrected chi connectivity index (χ2v) is 5.31. The molecule has 0 saturated heterocycles. The quantitative estimate of drug-likeness (QED) is 0.518. The molecule has 3 amide bonds. The van der Waals surface area contributed by atoms with E-state index in [1.54, 1.807) is 5.32 Å². The van der Waals surface area contributed by atoms with E-state index in [-0.39, 0.29) is 12.3 Å². The minimum absolute atomic E-state index is 0.138. The van der Waals surface area contributed by atoms with Crippen molar-refractivity contribution in [2.75, 3.05) is 18.6 Å². The summed E-state index contributed by atoms with van der Waals surface area (Å²) < 4.78 is 21.4. The van der Waals surface area contributed by atoms with Crippen LogP contribution >= 0.6 is 0 Å². The van der Waals surface area contributed by atoms with Crippen LogP contribution in [0.2, 0.25) is 0 Å². The molecule has 0 atom stereocenters. The number of carbonyl (C=O) groups excluding carboxylic acids is 2. The van der Waals surface area contributed by atoms with Gasteiger partial charge in [-0.1, -0.05) is 0 Å². The van der Waals surface area contributed by atoms with Gasteiger partial charge in [0.15, 0.2) is 0 Å². The Hall–Kier alpha value is -1.90.